The van der Waals surface area contributed by atoms with E-state index in [9.17, 15) is 0 Å². The van der Waals surface area contributed by atoms with Crippen LogP contribution in [0.3, 0.4) is 0 Å². The minimum atomic E-state index is -2.48. The first-order chi connectivity index (χ1) is 50.7. The molecule has 512 valence electrons. The maximum atomic E-state index is 8.39. The van der Waals surface area contributed by atoms with E-state index in [1.165, 1.54) is 85.4 Å². The van der Waals surface area contributed by atoms with E-state index in [1.54, 1.807) is 56.7 Å². The van der Waals surface area contributed by atoms with Crippen LogP contribution in [0.2, 0.25) is 0 Å². The van der Waals surface area contributed by atoms with Crippen molar-refractivity contribution in [2.75, 3.05) is 0 Å². The van der Waals surface area contributed by atoms with E-state index < -0.39 is 39.7 Å². The van der Waals surface area contributed by atoms with Crippen LogP contribution in [0.1, 0.15) is 204 Å². The van der Waals surface area contributed by atoms with Crippen LogP contribution in [0.5, 0.6) is 0 Å². The number of rotatable bonds is 9. The Morgan fingerprint density at radius 3 is 1.05 bits per heavy atom. The van der Waals surface area contributed by atoms with Gasteiger partial charge in [-0.15, -0.1) is 0 Å². The van der Waals surface area contributed by atoms with E-state index in [-0.39, 0.29) is 32.9 Å². The second-order valence-electron chi connectivity index (χ2n) is 30.7. The summed E-state index contributed by atoms with van der Waals surface area (Å²) < 4.78 is 120. The van der Waals surface area contributed by atoms with Crippen LogP contribution >= 0.6 is 0 Å². The van der Waals surface area contributed by atoms with Gasteiger partial charge in [0.1, 0.15) is 35.2 Å². The highest BCUT2D eigenvalue weighted by molar-refractivity contribution is 5.66. The van der Waals surface area contributed by atoms with Crippen molar-refractivity contribution in [2.45, 2.75) is 202 Å². The van der Waals surface area contributed by atoms with Gasteiger partial charge in [-0.05, 0) is 211 Å². The molecular formula is C92H124N5+5. The molecule has 0 radical (unpaired) electrons. The Balaban J connectivity index is 0.000000218. The molecule has 5 aromatic heterocycles. The van der Waals surface area contributed by atoms with Crippen LogP contribution in [0.25, 0.3) is 56.3 Å². The van der Waals surface area contributed by atoms with Gasteiger partial charge in [0, 0.05) is 105 Å². The summed E-state index contributed by atoms with van der Waals surface area (Å²) in [5.74, 6) is 0.292. The molecular weight excluding hydrogens is 1180 g/mol. The summed E-state index contributed by atoms with van der Waals surface area (Å²) in [5.41, 5.74) is 26.4. The molecule has 5 aromatic carbocycles. The molecule has 5 heterocycles. The van der Waals surface area contributed by atoms with Gasteiger partial charge < -0.3 is 0 Å². The Hall–Kier alpha value is -8.15. The van der Waals surface area contributed by atoms with E-state index >= 15 is 0 Å². The molecule has 0 fully saturated rings. The second kappa shape index (κ2) is 32.9. The van der Waals surface area contributed by atoms with Crippen LogP contribution in [-0.2, 0) is 64.3 Å². The molecule has 0 atom stereocenters. The zero-order valence-corrected chi connectivity index (χ0v) is 63.8. The van der Waals surface area contributed by atoms with Crippen molar-refractivity contribution >= 4 is 0 Å². The van der Waals surface area contributed by atoms with Gasteiger partial charge in [-0.25, -0.2) is 22.8 Å². The van der Waals surface area contributed by atoms with Crippen LogP contribution in [0.15, 0.2) is 171 Å². The largest absolute Gasteiger partial charge is 0.212 e. The topological polar surface area (TPSA) is 19.4 Å². The Kier molecular flexibility index (Phi) is 20.0. The molecule has 0 aliphatic rings. The van der Waals surface area contributed by atoms with Gasteiger partial charge in [-0.1, -0.05) is 179 Å². The molecule has 0 bridgehead atoms. The Bertz CT molecular complexity index is 4870. The summed E-state index contributed by atoms with van der Waals surface area (Å²) in [6, 6.07) is 45.9. The van der Waals surface area contributed by atoms with E-state index in [1.807, 2.05) is 95.9 Å². The molecule has 10 aromatic rings. The van der Waals surface area contributed by atoms with Crippen molar-refractivity contribution in [3.05, 3.63) is 265 Å². The van der Waals surface area contributed by atoms with Gasteiger partial charge >= 0.3 is 0 Å². The lowest BCUT2D eigenvalue weighted by Gasteiger charge is -2.20. The van der Waals surface area contributed by atoms with Crippen molar-refractivity contribution in [1.29, 1.82) is 0 Å². The third-order valence-electron chi connectivity index (χ3n) is 17.8. The molecule has 0 N–H and O–H groups in total. The molecule has 5 heteroatoms. The Morgan fingerprint density at radius 1 is 0.320 bits per heavy atom. The highest BCUT2D eigenvalue weighted by Gasteiger charge is 2.25. The SMILES string of the molecule is Cc1ccc(-c2cc(C)c(CC(C)C)c[n+]2C)c(C)c1.Cc1ccc(-c2ccc(C(C)(C)C)c[n+]2C)c(C)c1.[2H]C([2H])([2H])c1cc(-c2ccccc2C)[n+](C)cc1C(C)(C)C.[2H]C([2H])([2H])c1ccc(-c2cc(C([2H])([2H])[2H])c(C([2H])([2H])C(C)C)c[n+]2C)c(C)c1.[2H]C([2H])([2H])c1ccc(-c2ccc(C(C)(C)C)c[n+]2C)c(C)c1. The van der Waals surface area contributed by atoms with Crippen LogP contribution in [0.4, 0.5) is 0 Å². The highest BCUT2D eigenvalue weighted by atomic mass is 14.9. The number of aromatic nitrogens is 5. The molecule has 0 saturated heterocycles. The summed E-state index contributed by atoms with van der Waals surface area (Å²) >= 11 is 0. The third kappa shape index (κ3) is 21.2. The van der Waals surface area contributed by atoms with Crippen molar-refractivity contribution < 1.29 is 42.0 Å². The van der Waals surface area contributed by atoms with E-state index in [2.05, 4.69) is 203 Å². The standard InChI is InChI=1S/2C19H26N.3C18H24N/c2*1-13(2)9-17-12-20(6)19(11-15(17)4)18-8-7-14(3)10-16(18)5;2*1-13-7-9-16(14(2)11-13)17-10-8-15(12-19(17)6)18(3,4)5;1-13-9-7-8-10-15(13)17-11-14(2)16(12-19(17)6)18(3,4)5/h2*7-8,10-13H,9H2,1-6H3;3*7-12H,1-6H3/q5*+1/i3D3,4D3,9D2;;1D3;;2D3. The minimum Gasteiger partial charge on any atom is -0.201 e. The van der Waals surface area contributed by atoms with Gasteiger partial charge in [-0.3, -0.25) is 0 Å². The summed E-state index contributed by atoms with van der Waals surface area (Å²) in [6.07, 6.45) is 9.52. The molecule has 0 spiro atoms. The van der Waals surface area contributed by atoms with Crippen LogP contribution < -0.4 is 22.8 Å². The van der Waals surface area contributed by atoms with Crippen molar-refractivity contribution in [3.8, 4) is 56.3 Å². The Labute approximate surface area is 609 Å². The second-order valence-corrected chi connectivity index (χ2v) is 30.7. The van der Waals surface area contributed by atoms with Gasteiger partial charge in [0.2, 0.25) is 28.5 Å². The lowest BCUT2D eigenvalue weighted by Crippen LogP contribution is -2.34. The molecule has 0 amide bonds. The summed E-state index contributed by atoms with van der Waals surface area (Å²) in [7, 11) is 10.0. The van der Waals surface area contributed by atoms with Gasteiger partial charge in [0.15, 0.2) is 31.0 Å². The zero-order chi connectivity index (χ0) is 84.1. The van der Waals surface area contributed by atoms with Crippen molar-refractivity contribution in [2.24, 2.45) is 47.1 Å². The zero-order valence-electron chi connectivity index (χ0n) is 77.8. The summed E-state index contributed by atoms with van der Waals surface area (Å²) in [6.45, 7) is 35.3. The number of hydrogen-bond donors (Lipinski definition) is 0. The average molecular weight is 1310 g/mol. The van der Waals surface area contributed by atoms with Crippen molar-refractivity contribution in [1.82, 2.24) is 0 Å². The molecule has 97 heavy (non-hydrogen) atoms. The highest BCUT2D eigenvalue weighted by Crippen LogP contribution is 2.31. The first-order valence-corrected chi connectivity index (χ1v) is 34.3. The first-order valence-electron chi connectivity index (χ1n) is 41.3. The predicted molar refractivity (Wildman–Crippen MR) is 415 cm³/mol. The third-order valence-corrected chi connectivity index (χ3v) is 17.8. The molecule has 0 unspecified atom stereocenters. The first kappa shape index (κ1) is 59.0. The van der Waals surface area contributed by atoms with E-state index in [0.717, 1.165) is 45.6 Å². The molecule has 0 aliphatic heterocycles. The van der Waals surface area contributed by atoms with Gasteiger partial charge in [-0.2, -0.15) is 0 Å². The van der Waals surface area contributed by atoms with Crippen LogP contribution in [0, 0.1) is 94.6 Å². The molecule has 10 rings (SSSR count). The van der Waals surface area contributed by atoms with E-state index in [0.29, 0.717) is 33.9 Å². The minimum absolute atomic E-state index is 0.0291. The van der Waals surface area contributed by atoms with Gasteiger partial charge in [0.05, 0.1) is 0 Å². The quantitative estimate of drug-likeness (QED) is 0.128. The number of nitrogens with zero attached hydrogens (tertiary/aromatic N) is 5. The monoisotopic (exact) mass is 1310 g/mol. The molecule has 5 nitrogen and oxygen atoms in total. The maximum absolute atomic E-state index is 8.39. The fourth-order valence-corrected chi connectivity index (χ4v) is 12.2. The Morgan fingerprint density at radius 2 is 0.680 bits per heavy atom. The fourth-order valence-electron chi connectivity index (χ4n) is 12.2. The maximum Gasteiger partial charge on any atom is 0.212 e. The lowest BCUT2D eigenvalue weighted by atomic mass is 9.84. The number of benzene rings is 5. The molecule has 0 saturated carbocycles. The average Bonchev–Trinajstić information content (AvgIpc) is 0.764. The fraction of sp³-hybridized carbons (Fsp3) is 0.402. The normalized spacial score (nSPS) is 14.3. The summed E-state index contributed by atoms with van der Waals surface area (Å²) in [5, 5.41) is 0. The van der Waals surface area contributed by atoms with Crippen LogP contribution in [-0.4, -0.2) is 0 Å². The molecule has 0 aliphatic carbocycles. The lowest BCUT2D eigenvalue weighted by molar-refractivity contribution is -0.661. The number of hydrogen-bond acceptors (Lipinski definition) is 0. The smallest absolute Gasteiger partial charge is 0.201 e. The summed E-state index contributed by atoms with van der Waals surface area (Å²) in [4.78, 5) is 0. The predicted octanol–water partition coefficient (Wildman–Crippen LogP) is 20.9. The number of pyridine rings is 5. The van der Waals surface area contributed by atoms with E-state index in [4.69, 9.17) is 19.2 Å². The number of aryl methyl sites for hydroxylation is 17. The van der Waals surface area contributed by atoms with Crippen molar-refractivity contribution in [3.63, 3.8) is 0 Å². The van der Waals surface area contributed by atoms with Gasteiger partial charge in [0.25, 0.3) is 0 Å².